The molecule has 1 saturated heterocycles. The van der Waals surface area contributed by atoms with Crippen LogP contribution < -0.4 is 15.6 Å². The number of anilines is 4. The highest BCUT2D eigenvalue weighted by Gasteiger charge is 2.17. The van der Waals surface area contributed by atoms with E-state index < -0.39 is 0 Å². The number of nitrogens with zero attached hydrogens (tertiary/aromatic N) is 5. The molecule has 0 unspecified atom stereocenters. The number of aryl methyl sites for hydroxylation is 1. The van der Waals surface area contributed by atoms with Crippen molar-refractivity contribution in [3.63, 3.8) is 0 Å². The van der Waals surface area contributed by atoms with Crippen molar-refractivity contribution >= 4 is 52.9 Å². The van der Waals surface area contributed by atoms with Crippen LogP contribution in [0.15, 0.2) is 47.6 Å². The van der Waals surface area contributed by atoms with Crippen LogP contribution in [0.2, 0.25) is 10.0 Å². The molecule has 2 aromatic carbocycles. The third-order valence-corrected chi connectivity index (χ3v) is 5.20. The van der Waals surface area contributed by atoms with Crippen LogP contribution in [0.4, 0.5) is 23.5 Å². The Hall–Kier alpha value is -2.94. The van der Waals surface area contributed by atoms with Crippen LogP contribution >= 0.6 is 23.2 Å². The van der Waals surface area contributed by atoms with Gasteiger partial charge >= 0.3 is 0 Å². The maximum atomic E-state index is 6.20. The summed E-state index contributed by atoms with van der Waals surface area (Å²) in [6.45, 7) is 4.68. The van der Waals surface area contributed by atoms with Crippen molar-refractivity contribution in [1.29, 1.82) is 0 Å². The third-order valence-electron chi connectivity index (χ3n) is 4.64. The van der Waals surface area contributed by atoms with E-state index in [1.807, 2.05) is 31.2 Å². The number of rotatable bonds is 6. The first-order valence-corrected chi connectivity index (χ1v) is 10.5. The lowest BCUT2D eigenvalue weighted by molar-refractivity contribution is 0.122. The number of nitrogens with one attached hydrogen (secondary N) is 2. The molecule has 0 spiro atoms. The first kappa shape index (κ1) is 21.3. The SMILES string of the molecule is Cc1ccccc1Nc1nc(N/N=C/c2ccc(Cl)cc2Cl)nc(N2CCOCC2)n1. The van der Waals surface area contributed by atoms with Gasteiger partial charge in [0.15, 0.2) is 0 Å². The summed E-state index contributed by atoms with van der Waals surface area (Å²) in [6, 6.07) is 13.1. The maximum Gasteiger partial charge on any atom is 0.250 e. The predicted molar refractivity (Wildman–Crippen MR) is 125 cm³/mol. The van der Waals surface area contributed by atoms with Gasteiger partial charge in [0.05, 0.1) is 24.5 Å². The Morgan fingerprint density at radius 3 is 2.58 bits per heavy atom. The lowest BCUT2D eigenvalue weighted by atomic mass is 10.2. The largest absolute Gasteiger partial charge is 0.378 e. The molecule has 0 atom stereocenters. The van der Waals surface area contributed by atoms with Gasteiger partial charge in [-0.3, -0.25) is 0 Å². The number of aromatic nitrogens is 3. The molecule has 1 aliphatic heterocycles. The number of hydrogen-bond donors (Lipinski definition) is 2. The average Bonchev–Trinajstić information content (AvgIpc) is 2.77. The summed E-state index contributed by atoms with van der Waals surface area (Å²) in [5, 5.41) is 8.56. The van der Waals surface area contributed by atoms with E-state index in [-0.39, 0.29) is 0 Å². The zero-order chi connectivity index (χ0) is 21.6. The second kappa shape index (κ2) is 9.91. The number of para-hydroxylation sites is 1. The summed E-state index contributed by atoms with van der Waals surface area (Å²) in [7, 11) is 0. The van der Waals surface area contributed by atoms with Crippen molar-refractivity contribution in [3.05, 3.63) is 63.6 Å². The maximum absolute atomic E-state index is 6.20. The van der Waals surface area contributed by atoms with E-state index in [4.69, 9.17) is 27.9 Å². The molecule has 2 N–H and O–H groups in total. The number of hydrogen-bond acceptors (Lipinski definition) is 8. The van der Waals surface area contributed by atoms with Gasteiger partial charge in [0.1, 0.15) is 0 Å². The fraction of sp³-hybridized carbons (Fsp3) is 0.238. The fourth-order valence-electron chi connectivity index (χ4n) is 2.97. The van der Waals surface area contributed by atoms with Crippen LogP contribution in [0.3, 0.4) is 0 Å². The number of halogens is 2. The van der Waals surface area contributed by atoms with E-state index in [0.717, 1.165) is 16.8 Å². The minimum atomic E-state index is 0.314. The monoisotopic (exact) mass is 457 g/mol. The standard InChI is InChI=1S/C21H21Cl2N7O/c1-14-4-2-3-5-18(14)25-19-26-20(28-21(27-19)30-8-10-31-11-9-30)29-24-13-15-6-7-16(22)12-17(15)23/h2-7,12-13H,8-11H2,1H3,(H2,25,26,27,28,29)/b24-13+. The first-order chi connectivity index (χ1) is 15.1. The molecule has 1 fully saturated rings. The summed E-state index contributed by atoms with van der Waals surface area (Å²) in [5.74, 6) is 1.29. The van der Waals surface area contributed by atoms with Crippen LogP contribution in [0.1, 0.15) is 11.1 Å². The second-order valence-electron chi connectivity index (χ2n) is 6.86. The summed E-state index contributed by atoms with van der Waals surface area (Å²) >= 11 is 12.1. The molecule has 1 aliphatic rings. The van der Waals surface area contributed by atoms with Gasteiger partial charge < -0.3 is 15.0 Å². The van der Waals surface area contributed by atoms with Crippen molar-refractivity contribution in [3.8, 4) is 0 Å². The highest BCUT2D eigenvalue weighted by Crippen LogP contribution is 2.22. The number of morpholine rings is 1. The number of benzene rings is 2. The van der Waals surface area contributed by atoms with E-state index in [2.05, 4.69) is 35.7 Å². The number of ether oxygens (including phenoxy) is 1. The Kier molecular flexibility index (Phi) is 6.81. The van der Waals surface area contributed by atoms with E-state index in [1.54, 1.807) is 24.4 Å². The molecule has 3 aromatic rings. The molecule has 4 rings (SSSR count). The third kappa shape index (κ3) is 5.61. The van der Waals surface area contributed by atoms with Crippen molar-refractivity contribution < 1.29 is 4.74 Å². The van der Waals surface area contributed by atoms with E-state index in [0.29, 0.717) is 54.2 Å². The normalized spacial score (nSPS) is 14.1. The topological polar surface area (TPSA) is 87.6 Å². The van der Waals surface area contributed by atoms with Gasteiger partial charge in [-0.25, -0.2) is 5.43 Å². The van der Waals surface area contributed by atoms with Crippen molar-refractivity contribution in [2.45, 2.75) is 6.92 Å². The second-order valence-corrected chi connectivity index (χ2v) is 7.70. The van der Waals surface area contributed by atoms with E-state index in [1.165, 1.54) is 0 Å². The molecule has 0 bridgehead atoms. The van der Waals surface area contributed by atoms with Gasteiger partial charge in [0.2, 0.25) is 17.8 Å². The summed E-state index contributed by atoms with van der Waals surface area (Å²) in [6.07, 6.45) is 1.59. The molecule has 160 valence electrons. The Morgan fingerprint density at radius 1 is 1.03 bits per heavy atom. The van der Waals surface area contributed by atoms with Crippen LogP contribution in [0, 0.1) is 6.92 Å². The van der Waals surface area contributed by atoms with Crippen molar-refractivity contribution in [1.82, 2.24) is 15.0 Å². The first-order valence-electron chi connectivity index (χ1n) is 9.74. The lowest BCUT2D eigenvalue weighted by Crippen LogP contribution is -2.37. The molecule has 0 amide bonds. The highest BCUT2D eigenvalue weighted by molar-refractivity contribution is 6.36. The molecule has 31 heavy (non-hydrogen) atoms. The molecule has 1 aromatic heterocycles. The molecule has 0 radical (unpaired) electrons. The Morgan fingerprint density at radius 2 is 1.81 bits per heavy atom. The van der Waals surface area contributed by atoms with Gasteiger partial charge in [-0.1, -0.05) is 47.5 Å². The van der Waals surface area contributed by atoms with E-state index in [9.17, 15) is 0 Å². The average molecular weight is 458 g/mol. The fourth-order valence-corrected chi connectivity index (χ4v) is 3.43. The summed E-state index contributed by atoms with van der Waals surface area (Å²) < 4.78 is 5.44. The Bertz CT molecular complexity index is 1090. The molecule has 0 saturated carbocycles. The van der Waals surface area contributed by atoms with E-state index >= 15 is 0 Å². The minimum absolute atomic E-state index is 0.314. The zero-order valence-corrected chi connectivity index (χ0v) is 18.4. The molecule has 10 heteroatoms. The van der Waals surface area contributed by atoms with Crippen LogP contribution in [0.25, 0.3) is 0 Å². The van der Waals surface area contributed by atoms with Gasteiger partial charge in [-0.05, 0) is 30.7 Å². The summed E-state index contributed by atoms with van der Waals surface area (Å²) in [4.78, 5) is 15.6. The van der Waals surface area contributed by atoms with Crippen LogP contribution in [-0.2, 0) is 4.74 Å². The predicted octanol–water partition coefficient (Wildman–Crippen LogP) is 4.51. The molecule has 0 aliphatic carbocycles. The smallest absolute Gasteiger partial charge is 0.250 e. The lowest BCUT2D eigenvalue weighted by Gasteiger charge is -2.27. The Labute approximate surface area is 190 Å². The van der Waals surface area contributed by atoms with Crippen LogP contribution in [0.5, 0.6) is 0 Å². The van der Waals surface area contributed by atoms with Gasteiger partial charge in [-0.15, -0.1) is 0 Å². The van der Waals surface area contributed by atoms with Crippen molar-refractivity contribution in [2.24, 2.45) is 5.10 Å². The highest BCUT2D eigenvalue weighted by atomic mass is 35.5. The molecule has 2 heterocycles. The minimum Gasteiger partial charge on any atom is -0.378 e. The van der Waals surface area contributed by atoms with Crippen molar-refractivity contribution in [2.75, 3.05) is 41.9 Å². The Balaban J connectivity index is 1.59. The molecular formula is C21H21Cl2N7O. The summed E-state index contributed by atoms with van der Waals surface area (Å²) in [5.41, 5.74) is 5.60. The quantitative estimate of drug-likeness (QED) is 0.415. The van der Waals surface area contributed by atoms with Gasteiger partial charge in [0.25, 0.3) is 0 Å². The van der Waals surface area contributed by atoms with Gasteiger partial charge in [-0.2, -0.15) is 20.1 Å². The number of hydrazone groups is 1. The molecule has 8 nitrogen and oxygen atoms in total. The van der Waals surface area contributed by atoms with Gasteiger partial charge in [0, 0.05) is 29.4 Å². The molecular weight excluding hydrogens is 437 g/mol. The zero-order valence-electron chi connectivity index (χ0n) is 16.8. The van der Waals surface area contributed by atoms with Crippen LogP contribution in [-0.4, -0.2) is 47.5 Å².